The summed E-state index contributed by atoms with van der Waals surface area (Å²) in [5.41, 5.74) is 12.2. The van der Waals surface area contributed by atoms with Crippen molar-refractivity contribution in [1.82, 2.24) is 14.9 Å². The topological polar surface area (TPSA) is 68.2 Å². The maximum atomic E-state index is 6.33. The fourth-order valence-electron chi connectivity index (χ4n) is 4.02. The number of hydrogen-bond donors (Lipinski definition) is 2. The van der Waals surface area contributed by atoms with Crippen LogP contribution in [0.25, 0.3) is 5.57 Å². The molecule has 1 aliphatic carbocycles. The normalized spacial score (nSPS) is 17.7. The Kier molecular flexibility index (Phi) is 5.44. The molecule has 5 heteroatoms. The molecule has 1 unspecified atom stereocenters. The quantitative estimate of drug-likeness (QED) is 0.779. The number of nitrogens with two attached hydrogens (primary N) is 1. The fourth-order valence-corrected chi connectivity index (χ4v) is 4.02. The third kappa shape index (κ3) is 3.54. The third-order valence-corrected chi connectivity index (χ3v) is 5.49. The minimum absolute atomic E-state index is 0.116. The lowest BCUT2D eigenvalue weighted by Gasteiger charge is -2.25. The van der Waals surface area contributed by atoms with Gasteiger partial charge in [0.2, 0.25) is 0 Å². The van der Waals surface area contributed by atoms with E-state index in [9.17, 15) is 0 Å². The monoisotopic (exact) mass is 375 g/mol. The first-order chi connectivity index (χ1) is 13.7. The third-order valence-electron chi connectivity index (χ3n) is 5.49. The van der Waals surface area contributed by atoms with Gasteiger partial charge in [-0.1, -0.05) is 55.8 Å². The summed E-state index contributed by atoms with van der Waals surface area (Å²) in [6.07, 6.45) is 10.6. The molecule has 1 atom stereocenters. The molecule has 0 saturated heterocycles. The number of amidine groups is 1. The first-order valence-electron chi connectivity index (χ1n) is 10.2. The number of benzene rings is 1. The Balaban J connectivity index is 1.75. The van der Waals surface area contributed by atoms with E-state index < -0.39 is 0 Å². The second-order valence-electron chi connectivity index (χ2n) is 7.58. The zero-order chi connectivity index (χ0) is 19.5. The van der Waals surface area contributed by atoms with Gasteiger partial charge in [-0.2, -0.15) is 0 Å². The van der Waals surface area contributed by atoms with Gasteiger partial charge in [-0.3, -0.25) is 4.99 Å². The van der Waals surface area contributed by atoms with Crippen molar-refractivity contribution in [3.05, 3.63) is 70.8 Å². The van der Waals surface area contributed by atoms with Crippen LogP contribution in [0.2, 0.25) is 0 Å². The number of imidazole rings is 1. The average molecular weight is 376 g/mol. The molecule has 146 valence electrons. The van der Waals surface area contributed by atoms with Crippen molar-refractivity contribution in [3.63, 3.8) is 0 Å². The van der Waals surface area contributed by atoms with Gasteiger partial charge in [-0.15, -0.1) is 0 Å². The summed E-state index contributed by atoms with van der Waals surface area (Å²) in [6.45, 7) is 3.91. The highest BCUT2D eigenvalue weighted by molar-refractivity contribution is 6.03. The number of rotatable bonds is 7. The summed E-state index contributed by atoms with van der Waals surface area (Å²) >= 11 is 0. The lowest BCUT2D eigenvalue weighted by atomic mass is 9.92. The summed E-state index contributed by atoms with van der Waals surface area (Å²) in [7, 11) is 1.97. The first-order valence-corrected chi connectivity index (χ1v) is 10.2. The summed E-state index contributed by atoms with van der Waals surface area (Å²) in [4.78, 5) is 9.65. The number of hydrogen-bond acceptors (Lipinski definition) is 4. The summed E-state index contributed by atoms with van der Waals surface area (Å²) in [6, 6.07) is 8.94. The number of nitrogens with one attached hydrogen (secondary N) is 1. The number of fused-ring (bicyclic) bond motifs is 3. The predicted molar refractivity (Wildman–Crippen MR) is 115 cm³/mol. The van der Waals surface area contributed by atoms with Gasteiger partial charge >= 0.3 is 0 Å². The Morgan fingerprint density at radius 1 is 1.21 bits per heavy atom. The molecule has 1 aromatic heterocycles. The molecule has 0 amide bonds. The Hall–Kier alpha value is -2.66. The van der Waals surface area contributed by atoms with E-state index in [1.165, 1.54) is 16.7 Å². The maximum absolute atomic E-state index is 6.33. The van der Waals surface area contributed by atoms with Gasteiger partial charge in [0.25, 0.3) is 0 Å². The van der Waals surface area contributed by atoms with Gasteiger partial charge in [-0.25, -0.2) is 4.98 Å². The second kappa shape index (κ2) is 8.15. The van der Waals surface area contributed by atoms with Crippen molar-refractivity contribution in [2.45, 2.75) is 51.7 Å². The van der Waals surface area contributed by atoms with E-state index in [0.29, 0.717) is 5.84 Å². The lowest BCUT2D eigenvalue weighted by molar-refractivity contribution is 0.669. The highest BCUT2D eigenvalue weighted by Crippen LogP contribution is 2.34. The molecule has 28 heavy (non-hydrogen) atoms. The molecular formula is C23H29N5. The van der Waals surface area contributed by atoms with Crippen LogP contribution >= 0.6 is 0 Å². The maximum Gasteiger partial charge on any atom is 0.147 e. The standard InChI is InChI=1S/C23H29N5/c1-3-4-9-20-27-21-22(18-7-5-6-8-19(18)26-23(21)24)28(20)15-17-12-10-16(11-13-17)14-25-2/h5-7,10-13,19,25H,3-4,8-9,14-15H2,1-2H3,(H2,24,26). The number of aryl methyl sites for hydroxylation is 1. The van der Waals surface area contributed by atoms with Gasteiger partial charge in [-0.05, 0) is 31.0 Å². The van der Waals surface area contributed by atoms with E-state index in [2.05, 4.69) is 59.3 Å². The molecule has 5 nitrogen and oxygen atoms in total. The van der Waals surface area contributed by atoms with Crippen molar-refractivity contribution >= 4 is 11.4 Å². The van der Waals surface area contributed by atoms with Crippen molar-refractivity contribution < 1.29 is 0 Å². The predicted octanol–water partition coefficient (Wildman–Crippen LogP) is 3.42. The van der Waals surface area contributed by atoms with Gasteiger partial charge in [0.05, 0.1) is 11.7 Å². The van der Waals surface area contributed by atoms with Crippen molar-refractivity contribution in [3.8, 4) is 0 Å². The summed E-state index contributed by atoms with van der Waals surface area (Å²) < 4.78 is 2.37. The van der Waals surface area contributed by atoms with Crippen LogP contribution in [0, 0.1) is 0 Å². The van der Waals surface area contributed by atoms with Gasteiger partial charge in [0, 0.05) is 25.1 Å². The van der Waals surface area contributed by atoms with Crippen molar-refractivity contribution in [1.29, 1.82) is 0 Å². The minimum Gasteiger partial charge on any atom is -0.382 e. The molecule has 2 heterocycles. The molecule has 0 radical (unpaired) electrons. The smallest absolute Gasteiger partial charge is 0.147 e. The van der Waals surface area contributed by atoms with Gasteiger partial charge in [0.1, 0.15) is 17.4 Å². The SMILES string of the molecule is CCCCc1nc2c(n1Cc1ccc(CNC)cc1)C1=CC=CCC1N=C2N. The minimum atomic E-state index is 0.116. The Labute approximate surface area is 167 Å². The van der Waals surface area contributed by atoms with Crippen LogP contribution in [0.3, 0.4) is 0 Å². The second-order valence-corrected chi connectivity index (χ2v) is 7.58. The van der Waals surface area contributed by atoms with Crippen LogP contribution in [0.1, 0.15) is 54.5 Å². The molecule has 1 aliphatic heterocycles. The summed E-state index contributed by atoms with van der Waals surface area (Å²) in [5.74, 6) is 1.69. The largest absolute Gasteiger partial charge is 0.382 e. The van der Waals surface area contributed by atoms with Crippen molar-refractivity contribution in [2.75, 3.05) is 7.05 Å². The van der Waals surface area contributed by atoms with Gasteiger partial charge < -0.3 is 15.6 Å². The summed E-state index contributed by atoms with van der Waals surface area (Å²) in [5, 5.41) is 3.20. The van der Waals surface area contributed by atoms with E-state index in [1.807, 2.05) is 7.05 Å². The number of allylic oxidation sites excluding steroid dienone is 2. The molecule has 2 aliphatic rings. The van der Waals surface area contributed by atoms with Crippen LogP contribution in [0.5, 0.6) is 0 Å². The lowest BCUT2D eigenvalue weighted by Crippen LogP contribution is -2.27. The van der Waals surface area contributed by atoms with E-state index in [4.69, 9.17) is 15.7 Å². The van der Waals surface area contributed by atoms with Crippen LogP contribution in [0.15, 0.2) is 47.5 Å². The van der Waals surface area contributed by atoms with Crippen molar-refractivity contribution in [2.24, 2.45) is 10.7 Å². The van der Waals surface area contributed by atoms with Crippen LogP contribution in [-0.2, 0) is 19.5 Å². The van der Waals surface area contributed by atoms with E-state index in [0.717, 1.165) is 56.0 Å². The van der Waals surface area contributed by atoms with Crippen LogP contribution in [0.4, 0.5) is 0 Å². The fraction of sp³-hybridized carbons (Fsp3) is 0.391. The van der Waals surface area contributed by atoms with Gasteiger partial charge in [0.15, 0.2) is 0 Å². The van der Waals surface area contributed by atoms with E-state index in [-0.39, 0.29) is 6.04 Å². The molecule has 3 N–H and O–H groups in total. The van der Waals surface area contributed by atoms with Crippen LogP contribution in [-0.4, -0.2) is 28.5 Å². The molecule has 4 rings (SSSR count). The zero-order valence-corrected chi connectivity index (χ0v) is 16.8. The Morgan fingerprint density at radius 2 is 2.00 bits per heavy atom. The Morgan fingerprint density at radius 3 is 2.75 bits per heavy atom. The zero-order valence-electron chi connectivity index (χ0n) is 16.8. The Bertz CT molecular complexity index is 931. The molecular weight excluding hydrogens is 346 g/mol. The van der Waals surface area contributed by atoms with E-state index in [1.54, 1.807) is 0 Å². The average Bonchev–Trinajstić information content (AvgIpc) is 3.07. The first kappa shape index (κ1) is 18.7. The number of aromatic nitrogens is 2. The highest BCUT2D eigenvalue weighted by Gasteiger charge is 2.31. The van der Waals surface area contributed by atoms with E-state index >= 15 is 0 Å². The molecule has 0 saturated carbocycles. The highest BCUT2D eigenvalue weighted by atomic mass is 15.1. The molecule has 0 fully saturated rings. The van der Waals surface area contributed by atoms with Crippen LogP contribution < -0.4 is 11.1 Å². The molecule has 2 aromatic rings. The molecule has 0 spiro atoms. The number of nitrogens with zero attached hydrogens (tertiary/aromatic N) is 3. The number of unbranched alkanes of at least 4 members (excludes halogenated alkanes) is 1. The molecule has 1 aromatic carbocycles. The number of aliphatic imine (C=N–C) groups is 1. The molecule has 0 bridgehead atoms.